The summed E-state index contributed by atoms with van der Waals surface area (Å²) < 4.78 is 0. The molecule has 3 aliphatic heterocycles. The molecule has 0 aromatic heterocycles. The third-order valence-electron chi connectivity index (χ3n) is 5.85. The molecular formula is C21H42N2. The highest BCUT2D eigenvalue weighted by molar-refractivity contribution is 4.64. The van der Waals surface area contributed by atoms with Gasteiger partial charge in [-0.1, -0.05) is 57.8 Å². The molecule has 0 spiro atoms. The minimum absolute atomic E-state index is 1.37. The monoisotopic (exact) mass is 322 g/mol. The van der Waals surface area contributed by atoms with Crippen LogP contribution in [0, 0.1) is 0 Å². The molecule has 0 saturated carbocycles. The maximum Gasteiger partial charge on any atom is -0.00187 e. The van der Waals surface area contributed by atoms with E-state index in [1.165, 1.54) is 136 Å². The Hall–Kier alpha value is -0.0800. The molecule has 3 saturated heterocycles. The molecule has 3 rings (SSSR count). The van der Waals surface area contributed by atoms with Gasteiger partial charge in [0.25, 0.3) is 0 Å². The van der Waals surface area contributed by atoms with E-state index in [1.54, 1.807) is 0 Å². The standard InChI is InChI=1S/C21H42N2/c1-4-10-16-22-18-12-6-2-7-13-19-23(17-11-5-1)21-15-9-3-8-14-20-22/h1-21H2. The van der Waals surface area contributed by atoms with Crippen LogP contribution in [0.4, 0.5) is 0 Å². The lowest BCUT2D eigenvalue weighted by Gasteiger charge is -2.25. The van der Waals surface area contributed by atoms with Crippen LogP contribution < -0.4 is 0 Å². The Labute approximate surface area is 146 Å². The lowest BCUT2D eigenvalue weighted by molar-refractivity contribution is 0.236. The van der Waals surface area contributed by atoms with Gasteiger partial charge in [-0.25, -0.2) is 0 Å². The summed E-state index contributed by atoms with van der Waals surface area (Å²) in [6, 6.07) is 0. The first-order valence-electron chi connectivity index (χ1n) is 10.9. The van der Waals surface area contributed by atoms with Gasteiger partial charge in [-0.05, 0) is 77.8 Å². The number of rotatable bonds is 0. The van der Waals surface area contributed by atoms with E-state index in [-0.39, 0.29) is 0 Å². The molecule has 0 N–H and O–H groups in total. The van der Waals surface area contributed by atoms with Gasteiger partial charge < -0.3 is 9.80 Å². The third-order valence-corrected chi connectivity index (χ3v) is 5.85. The third kappa shape index (κ3) is 9.72. The molecular weight excluding hydrogens is 280 g/mol. The Morgan fingerprint density at radius 2 is 0.391 bits per heavy atom. The van der Waals surface area contributed by atoms with E-state index in [2.05, 4.69) is 9.80 Å². The molecule has 3 heterocycles. The normalized spacial score (nSPS) is 31.3. The second kappa shape index (κ2) is 13.2. The fraction of sp³-hybridized carbons (Fsp3) is 1.00. The van der Waals surface area contributed by atoms with Crippen molar-refractivity contribution in [1.82, 2.24) is 9.80 Å². The first-order chi connectivity index (χ1) is 11.4. The van der Waals surface area contributed by atoms with Crippen molar-refractivity contribution >= 4 is 0 Å². The van der Waals surface area contributed by atoms with E-state index in [0.29, 0.717) is 0 Å². The topological polar surface area (TPSA) is 6.48 Å². The lowest BCUT2D eigenvalue weighted by atomic mass is 10.1. The summed E-state index contributed by atoms with van der Waals surface area (Å²) in [5.74, 6) is 0. The molecule has 0 atom stereocenters. The molecule has 0 radical (unpaired) electrons. The van der Waals surface area contributed by atoms with Crippen LogP contribution in [0.2, 0.25) is 0 Å². The summed E-state index contributed by atoms with van der Waals surface area (Å²) in [6.45, 7) is 8.20. The van der Waals surface area contributed by atoms with Crippen LogP contribution >= 0.6 is 0 Å². The fourth-order valence-corrected chi connectivity index (χ4v) is 4.27. The highest BCUT2D eigenvalue weighted by Gasteiger charge is 2.08. The zero-order valence-corrected chi connectivity index (χ0v) is 15.7. The summed E-state index contributed by atoms with van der Waals surface area (Å²) in [4.78, 5) is 5.58. The first-order valence-corrected chi connectivity index (χ1v) is 10.9. The lowest BCUT2D eigenvalue weighted by Crippen LogP contribution is -2.28. The molecule has 0 amide bonds. The van der Waals surface area contributed by atoms with Crippen LogP contribution in [0.3, 0.4) is 0 Å². The quantitative estimate of drug-likeness (QED) is 0.583. The van der Waals surface area contributed by atoms with E-state index in [0.717, 1.165) is 0 Å². The summed E-state index contributed by atoms with van der Waals surface area (Å²) in [6.07, 6.45) is 21.7. The minimum atomic E-state index is 1.37. The molecule has 136 valence electrons. The highest BCUT2D eigenvalue weighted by atomic mass is 15.1. The predicted octanol–water partition coefficient (Wildman–Crippen LogP) is 5.47. The molecule has 2 heteroatoms. The smallest absolute Gasteiger partial charge is 0.00187 e. The van der Waals surface area contributed by atoms with Gasteiger partial charge in [0, 0.05) is 0 Å². The van der Waals surface area contributed by atoms with E-state index < -0.39 is 0 Å². The van der Waals surface area contributed by atoms with Crippen molar-refractivity contribution in [2.24, 2.45) is 0 Å². The zero-order valence-electron chi connectivity index (χ0n) is 15.7. The molecule has 0 aromatic carbocycles. The first kappa shape index (κ1) is 19.2. The minimum Gasteiger partial charge on any atom is -0.303 e. The van der Waals surface area contributed by atoms with Gasteiger partial charge in [-0.3, -0.25) is 0 Å². The van der Waals surface area contributed by atoms with E-state index in [1.807, 2.05) is 0 Å². The number of hydrogen-bond donors (Lipinski definition) is 0. The van der Waals surface area contributed by atoms with Crippen molar-refractivity contribution in [1.29, 1.82) is 0 Å². The summed E-state index contributed by atoms with van der Waals surface area (Å²) >= 11 is 0. The maximum atomic E-state index is 2.79. The second-order valence-electron chi connectivity index (χ2n) is 7.99. The van der Waals surface area contributed by atoms with Crippen molar-refractivity contribution in [2.45, 2.75) is 96.3 Å². The van der Waals surface area contributed by atoms with Crippen molar-refractivity contribution in [3.63, 3.8) is 0 Å². The molecule has 2 nitrogen and oxygen atoms in total. The largest absolute Gasteiger partial charge is 0.303 e. The number of hydrogen-bond acceptors (Lipinski definition) is 2. The average Bonchev–Trinajstić information content (AvgIpc) is 2.55. The Kier molecular flexibility index (Phi) is 11.1. The van der Waals surface area contributed by atoms with Crippen LogP contribution in [0.1, 0.15) is 96.3 Å². The van der Waals surface area contributed by atoms with Gasteiger partial charge in [0.1, 0.15) is 0 Å². The molecule has 3 fully saturated rings. The van der Waals surface area contributed by atoms with Crippen molar-refractivity contribution in [3.8, 4) is 0 Å². The maximum absolute atomic E-state index is 2.79. The molecule has 2 bridgehead atoms. The Bertz CT molecular complexity index is 200. The van der Waals surface area contributed by atoms with Gasteiger partial charge in [-0.2, -0.15) is 0 Å². The van der Waals surface area contributed by atoms with E-state index in [9.17, 15) is 0 Å². The molecule has 23 heavy (non-hydrogen) atoms. The van der Waals surface area contributed by atoms with Crippen LogP contribution in [-0.2, 0) is 0 Å². The van der Waals surface area contributed by atoms with E-state index in [4.69, 9.17) is 0 Å². The van der Waals surface area contributed by atoms with Crippen LogP contribution in [-0.4, -0.2) is 49.1 Å². The average molecular weight is 323 g/mol. The number of nitrogens with zero attached hydrogens (tertiary/aromatic N) is 2. The SMILES string of the molecule is C1CCCN2CCCCCCCN(CCC1)CCCCCCC2. The van der Waals surface area contributed by atoms with Gasteiger partial charge in [0.2, 0.25) is 0 Å². The van der Waals surface area contributed by atoms with E-state index >= 15 is 0 Å². The summed E-state index contributed by atoms with van der Waals surface area (Å²) in [5.41, 5.74) is 0. The highest BCUT2D eigenvalue weighted by Crippen LogP contribution is 2.13. The molecule has 0 unspecified atom stereocenters. The van der Waals surface area contributed by atoms with Crippen LogP contribution in [0.25, 0.3) is 0 Å². The van der Waals surface area contributed by atoms with Crippen LogP contribution in [0.15, 0.2) is 0 Å². The molecule has 0 aromatic rings. The van der Waals surface area contributed by atoms with Crippen molar-refractivity contribution in [3.05, 3.63) is 0 Å². The second-order valence-corrected chi connectivity index (χ2v) is 7.99. The Morgan fingerprint density at radius 3 is 0.609 bits per heavy atom. The van der Waals surface area contributed by atoms with Gasteiger partial charge in [0.15, 0.2) is 0 Å². The van der Waals surface area contributed by atoms with Gasteiger partial charge in [-0.15, -0.1) is 0 Å². The molecule has 0 aliphatic carbocycles. The van der Waals surface area contributed by atoms with Crippen LogP contribution in [0.5, 0.6) is 0 Å². The summed E-state index contributed by atoms with van der Waals surface area (Å²) in [7, 11) is 0. The van der Waals surface area contributed by atoms with Gasteiger partial charge in [0.05, 0.1) is 0 Å². The zero-order chi connectivity index (χ0) is 16.0. The molecule has 3 aliphatic rings. The van der Waals surface area contributed by atoms with Crippen molar-refractivity contribution < 1.29 is 0 Å². The summed E-state index contributed by atoms with van der Waals surface area (Å²) in [5, 5.41) is 0. The van der Waals surface area contributed by atoms with Gasteiger partial charge >= 0.3 is 0 Å². The van der Waals surface area contributed by atoms with Crippen molar-refractivity contribution in [2.75, 3.05) is 39.3 Å². The predicted molar refractivity (Wildman–Crippen MR) is 102 cm³/mol. The fourth-order valence-electron chi connectivity index (χ4n) is 4.27. The Morgan fingerprint density at radius 1 is 0.217 bits per heavy atom. The Balaban J connectivity index is 1.88. The number of fused-ring (bicyclic) bond motifs is 18.